The zero-order valence-corrected chi connectivity index (χ0v) is 12.3. The summed E-state index contributed by atoms with van der Waals surface area (Å²) < 4.78 is 11.4. The highest BCUT2D eigenvalue weighted by Gasteiger charge is 2.17. The van der Waals surface area contributed by atoms with E-state index in [0.717, 1.165) is 42.6 Å². The van der Waals surface area contributed by atoms with Crippen molar-refractivity contribution >= 4 is 11.4 Å². The number of carbonyl (C=O) groups is 1. The molecule has 1 saturated carbocycles. The number of rotatable bonds is 5. The van der Waals surface area contributed by atoms with E-state index in [1.54, 1.807) is 0 Å². The Labute approximate surface area is 125 Å². The number of hydrogen-bond donors (Lipinski definition) is 0. The summed E-state index contributed by atoms with van der Waals surface area (Å²) in [5.74, 6) is 1.00. The van der Waals surface area contributed by atoms with Crippen molar-refractivity contribution in [2.45, 2.75) is 51.0 Å². The van der Waals surface area contributed by atoms with Crippen LogP contribution in [0.2, 0.25) is 0 Å². The van der Waals surface area contributed by atoms with Crippen molar-refractivity contribution in [2.24, 2.45) is 0 Å². The third kappa shape index (κ3) is 3.73. The first-order valence-corrected chi connectivity index (χ1v) is 7.91. The molecule has 3 nitrogen and oxygen atoms in total. The molecular formula is C18H22O3. The molecule has 3 rings (SSSR count). The molecule has 0 radical (unpaired) electrons. The van der Waals surface area contributed by atoms with Crippen LogP contribution in [0, 0.1) is 0 Å². The van der Waals surface area contributed by atoms with Crippen LogP contribution in [0.5, 0.6) is 5.75 Å². The highest BCUT2D eigenvalue weighted by molar-refractivity contribution is 6.21. The molecule has 1 aromatic carbocycles. The van der Waals surface area contributed by atoms with Crippen molar-refractivity contribution in [3.63, 3.8) is 0 Å². The van der Waals surface area contributed by atoms with Gasteiger partial charge in [-0.25, -0.2) is 0 Å². The first-order chi connectivity index (χ1) is 10.3. The van der Waals surface area contributed by atoms with Gasteiger partial charge in [-0.3, -0.25) is 4.79 Å². The first kappa shape index (κ1) is 14.3. The molecule has 0 N–H and O–H groups in total. The van der Waals surface area contributed by atoms with Crippen LogP contribution in [0.15, 0.2) is 30.3 Å². The van der Waals surface area contributed by atoms with Crippen LogP contribution in [0.4, 0.5) is 0 Å². The van der Waals surface area contributed by atoms with Gasteiger partial charge in [0.25, 0.3) is 0 Å². The Balaban J connectivity index is 1.60. The molecule has 112 valence electrons. The van der Waals surface area contributed by atoms with Gasteiger partial charge in [0, 0.05) is 12.0 Å². The van der Waals surface area contributed by atoms with Crippen LogP contribution in [-0.2, 0) is 9.53 Å². The lowest BCUT2D eigenvalue weighted by Crippen LogP contribution is -2.12. The molecular weight excluding hydrogens is 264 g/mol. The number of ketones is 1. The summed E-state index contributed by atoms with van der Waals surface area (Å²) in [5.41, 5.74) is 1.79. The van der Waals surface area contributed by atoms with Crippen molar-refractivity contribution in [2.75, 3.05) is 6.79 Å². The fraction of sp³-hybridized carbons (Fsp3) is 0.500. The molecule has 3 heteroatoms. The molecule has 1 fully saturated rings. The van der Waals surface area contributed by atoms with Gasteiger partial charge in [-0.2, -0.15) is 0 Å². The molecule has 0 aromatic heterocycles. The van der Waals surface area contributed by atoms with Crippen LogP contribution in [0.25, 0.3) is 5.57 Å². The fourth-order valence-electron chi connectivity index (χ4n) is 3.04. The number of carbonyl (C=O) groups excluding carboxylic acids is 1. The van der Waals surface area contributed by atoms with E-state index in [2.05, 4.69) is 0 Å². The Hall–Kier alpha value is -1.61. The second-order valence-corrected chi connectivity index (χ2v) is 5.80. The van der Waals surface area contributed by atoms with Gasteiger partial charge in [0.15, 0.2) is 12.6 Å². The molecule has 0 spiro atoms. The Morgan fingerprint density at radius 3 is 2.81 bits per heavy atom. The van der Waals surface area contributed by atoms with Gasteiger partial charge in [-0.1, -0.05) is 31.1 Å². The molecule has 0 aliphatic heterocycles. The van der Waals surface area contributed by atoms with E-state index in [1.807, 2.05) is 30.3 Å². The van der Waals surface area contributed by atoms with Crippen molar-refractivity contribution in [1.82, 2.24) is 0 Å². The van der Waals surface area contributed by atoms with Crippen LogP contribution in [0.3, 0.4) is 0 Å². The third-order valence-electron chi connectivity index (χ3n) is 4.23. The second kappa shape index (κ2) is 6.90. The van der Waals surface area contributed by atoms with Gasteiger partial charge >= 0.3 is 0 Å². The zero-order valence-electron chi connectivity index (χ0n) is 12.3. The molecule has 0 unspecified atom stereocenters. The van der Waals surface area contributed by atoms with Gasteiger partial charge < -0.3 is 9.47 Å². The molecule has 2 aliphatic carbocycles. The van der Waals surface area contributed by atoms with Gasteiger partial charge in [-0.15, -0.1) is 0 Å². The maximum atomic E-state index is 12.0. The lowest BCUT2D eigenvalue weighted by atomic mass is 9.92. The number of benzene rings is 1. The smallest absolute Gasteiger partial charge is 0.189 e. The maximum Gasteiger partial charge on any atom is 0.189 e. The molecule has 0 amide bonds. The van der Waals surface area contributed by atoms with Crippen molar-refractivity contribution in [3.8, 4) is 5.75 Å². The lowest BCUT2D eigenvalue weighted by Gasteiger charge is -2.14. The lowest BCUT2D eigenvalue weighted by molar-refractivity contribution is -0.114. The van der Waals surface area contributed by atoms with Crippen molar-refractivity contribution in [1.29, 1.82) is 0 Å². The van der Waals surface area contributed by atoms with Gasteiger partial charge in [0.2, 0.25) is 0 Å². The number of Topliss-reactive ketones (excluding diaryl/α,β-unsaturated/α-hetero) is 1. The van der Waals surface area contributed by atoms with Gasteiger partial charge in [0.05, 0.1) is 6.10 Å². The molecule has 2 aliphatic rings. The quantitative estimate of drug-likeness (QED) is 0.764. The zero-order chi connectivity index (χ0) is 14.5. The SMILES string of the molecule is O=C1CCCC=C1c1cccc(OCOC2CCCC2)c1. The summed E-state index contributed by atoms with van der Waals surface area (Å²) in [6, 6.07) is 7.76. The minimum atomic E-state index is 0.237. The monoisotopic (exact) mass is 286 g/mol. The molecule has 0 bridgehead atoms. The van der Waals surface area contributed by atoms with E-state index in [9.17, 15) is 4.79 Å². The predicted octanol–water partition coefficient (Wildman–Crippen LogP) is 4.12. The summed E-state index contributed by atoms with van der Waals surface area (Å²) in [6.07, 6.45) is 9.81. The van der Waals surface area contributed by atoms with Gasteiger partial charge in [-0.05, 0) is 43.4 Å². The van der Waals surface area contributed by atoms with Crippen LogP contribution in [-0.4, -0.2) is 18.7 Å². The topological polar surface area (TPSA) is 35.5 Å². The molecule has 0 saturated heterocycles. The summed E-state index contributed by atoms with van der Waals surface area (Å²) in [5, 5.41) is 0. The normalized spacial score (nSPS) is 19.6. The Bertz CT molecular complexity index is 527. The minimum absolute atomic E-state index is 0.237. The van der Waals surface area contributed by atoms with E-state index in [-0.39, 0.29) is 5.78 Å². The highest BCUT2D eigenvalue weighted by Crippen LogP contribution is 2.27. The van der Waals surface area contributed by atoms with Gasteiger partial charge in [0.1, 0.15) is 5.75 Å². The Kier molecular flexibility index (Phi) is 4.71. The standard InChI is InChI=1S/C18H22O3/c19-18-11-4-3-10-17(18)14-6-5-9-16(12-14)21-13-20-15-7-1-2-8-15/h5-6,9-10,12,15H,1-4,7-8,11,13H2. The van der Waals surface area contributed by atoms with E-state index in [0.29, 0.717) is 19.3 Å². The second-order valence-electron chi connectivity index (χ2n) is 5.80. The van der Waals surface area contributed by atoms with E-state index >= 15 is 0 Å². The van der Waals surface area contributed by atoms with E-state index in [4.69, 9.17) is 9.47 Å². The Morgan fingerprint density at radius 1 is 1.14 bits per heavy atom. The highest BCUT2D eigenvalue weighted by atomic mass is 16.7. The molecule has 21 heavy (non-hydrogen) atoms. The third-order valence-corrected chi connectivity index (χ3v) is 4.23. The number of hydrogen-bond acceptors (Lipinski definition) is 3. The summed E-state index contributed by atoms with van der Waals surface area (Å²) >= 11 is 0. The van der Waals surface area contributed by atoms with Crippen molar-refractivity contribution in [3.05, 3.63) is 35.9 Å². The predicted molar refractivity (Wildman–Crippen MR) is 82.1 cm³/mol. The molecule has 1 aromatic rings. The van der Waals surface area contributed by atoms with Crippen LogP contribution in [0.1, 0.15) is 50.5 Å². The summed E-state index contributed by atoms with van der Waals surface area (Å²) in [4.78, 5) is 12.0. The molecule has 0 heterocycles. The van der Waals surface area contributed by atoms with E-state index < -0.39 is 0 Å². The Morgan fingerprint density at radius 2 is 2.00 bits per heavy atom. The van der Waals surface area contributed by atoms with Crippen LogP contribution < -0.4 is 4.74 Å². The number of ether oxygens (including phenoxy) is 2. The average molecular weight is 286 g/mol. The average Bonchev–Trinajstić information content (AvgIpc) is 3.01. The number of allylic oxidation sites excluding steroid dienone is 2. The fourth-order valence-corrected chi connectivity index (χ4v) is 3.04. The summed E-state index contributed by atoms with van der Waals surface area (Å²) in [7, 11) is 0. The molecule has 0 atom stereocenters. The van der Waals surface area contributed by atoms with E-state index in [1.165, 1.54) is 12.8 Å². The minimum Gasteiger partial charge on any atom is -0.468 e. The summed E-state index contributed by atoms with van der Waals surface area (Å²) in [6.45, 7) is 0.293. The maximum absolute atomic E-state index is 12.0. The van der Waals surface area contributed by atoms with Crippen molar-refractivity contribution < 1.29 is 14.3 Å². The first-order valence-electron chi connectivity index (χ1n) is 7.91. The largest absolute Gasteiger partial charge is 0.468 e. The van der Waals surface area contributed by atoms with Crippen LogP contribution >= 0.6 is 0 Å².